The van der Waals surface area contributed by atoms with Crippen molar-refractivity contribution in [3.05, 3.63) is 53.6 Å². The lowest BCUT2D eigenvalue weighted by Gasteiger charge is -2.12. The molecule has 0 aliphatic heterocycles. The molecule has 0 spiro atoms. The molecule has 1 N–H and O–H groups in total. The van der Waals surface area contributed by atoms with Crippen LogP contribution >= 0.6 is 0 Å². The van der Waals surface area contributed by atoms with E-state index in [0.717, 1.165) is 11.3 Å². The van der Waals surface area contributed by atoms with Crippen molar-refractivity contribution < 1.29 is 27.8 Å². The Labute approximate surface area is 150 Å². The van der Waals surface area contributed by atoms with Gasteiger partial charge in [0, 0.05) is 6.54 Å². The number of halogens is 2. The van der Waals surface area contributed by atoms with E-state index in [4.69, 9.17) is 9.47 Å². The molecule has 26 heavy (non-hydrogen) atoms. The summed E-state index contributed by atoms with van der Waals surface area (Å²) in [6, 6.07) is 12.1. The van der Waals surface area contributed by atoms with Gasteiger partial charge in [-0.15, -0.1) is 0 Å². The molecule has 0 aliphatic carbocycles. The minimum atomic E-state index is -2.93. The van der Waals surface area contributed by atoms with E-state index >= 15 is 0 Å². The van der Waals surface area contributed by atoms with Gasteiger partial charge in [-0.25, -0.2) is 0 Å². The molecule has 0 bridgehead atoms. The van der Waals surface area contributed by atoms with E-state index in [1.165, 1.54) is 13.2 Å². The maximum absolute atomic E-state index is 12.3. The number of aryl methyl sites for hydroxylation is 1. The van der Waals surface area contributed by atoms with Crippen LogP contribution in [0.2, 0.25) is 0 Å². The highest BCUT2D eigenvalue weighted by molar-refractivity contribution is 5.76. The fraction of sp³-hybridized carbons (Fsp3) is 0.316. The Hall–Kier alpha value is -2.83. The number of carbonyl (C=O) groups is 1. The summed E-state index contributed by atoms with van der Waals surface area (Å²) in [5, 5.41) is 2.74. The Balaban J connectivity index is 1.79. The van der Waals surface area contributed by atoms with Crippen LogP contribution in [0.3, 0.4) is 0 Å². The topological polar surface area (TPSA) is 56.8 Å². The molecule has 0 unspecified atom stereocenters. The van der Waals surface area contributed by atoms with Crippen molar-refractivity contribution >= 4 is 5.91 Å². The predicted molar refractivity (Wildman–Crippen MR) is 92.8 cm³/mol. The largest absolute Gasteiger partial charge is 0.493 e. The number of hydrogen-bond acceptors (Lipinski definition) is 4. The fourth-order valence-corrected chi connectivity index (χ4v) is 2.27. The first-order valence-electron chi connectivity index (χ1n) is 8.06. The van der Waals surface area contributed by atoms with Gasteiger partial charge in [0.15, 0.2) is 11.5 Å². The smallest absolute Gasteiger partial charge is 0.387 e. The van der Waals surface area contributed by atoms with Gasteiger partial charge in [0.1, 0.15) is 5.75 Å². The third kappa shape index (κ3) is 6.23. The third-order valence-corrected chi connectivity index (χ3v) is 3.52. The van der Waals surface area contributed by atoms with Crippen LogP contribution in [0.25, 0.3) is 0 Å². The van der Waals surface area contributed by atoms with E-state index in [9.17, 15) is 13.6 Å². The summed E-state index contributed by atoms with van der Waals surface area (Å²) in [6.07, 6.45) is 0.206. The molecule has 7 heteroatoms. The summed E-state index contributed by atoms with van der Waals surface area (Å²) in [7, 11) is 1.36. The summed E-state index contributed by atoms with van der Waals surface area (Å²) in [5.41, 5.74) is 1.79. The summed E-state index contributed by atoms with van der Waals surface area (Å²) >= 11 is 0. The van der Waals surface area contributed by atoms with Crippen molar-refractivity contribution in [1.29, 1.82) is 0 Å². The Morgan fingerprint density at radius 1 is 1.15 bits per heavy atom. The lowest BCUT2D eigenvalue weighted by atomic mass is 10.2. The molecule has 0 aromatic heterocycles. The number of benzene rings is 2. The predicted octanol–water partition coefficient (Wildman–Crippen LogP) is 3.69. The highest BCUT2D eigenvalue weighted by atomic mass is 19.3. The van der Waals surface area contributed by atoms with Crippen LogP contribution in [0.1, 0.15) is 17.5 Å². The van der Waals surface area contributed by atoms with Gasteiger partial charge in [-0.3, -0.25) is 4.79 Å². The van der Waals surface area contributed by atoms with E-state index in [2.05, 4.69) is 10.1 Å². The van der Waals surface area contributed by atoms with Crippen molar-refractivity contribution in [2.45, 2.75) is 26.5 Å². The van der Waals surface area contributed by atoms with Crippen molar-refractivity contribution in [1.82, 2.24) is 5.32 Å². The van der Waals surface area contributed by atoms with Crippen LogP contribution < -0.4 is 19.5 Å². The molecule has 2 aromatic rings. The van der Waals surface area contributed by atoms with Gasteiger partial charge in [-0.1, -0.05) is 18.2 Å². The molecule has 0 fully saturated rings. The molecule has 1 amide bonds. The van der Waals surface area contributed by atoms with Gasteiger partial charge in [0.25, 0.3) is 0 Å². The molecule has 0 saturated heterocycles. The molecule has 0 aliphatic rings. The zero-order valence-corrected chi connectivity index (χ0v) is 14.6. The number of rotatable bonds is 9. The number of carbonyl (C=O) groups excluding carboxylic acids is 1. The molecular formula is C19H21F2NO4. The summed E-state index contributed by atoms with van der Waals surface area (Å²) < 4.78 is 39.5. The van der Waals surface area contributed by atoms with Crippen LogP contribution in [0, 0.1) is 6.92 Å². The standard InChI is InChI=1S/C19H21F2NO4/c1-13-4-3-5-15(10-13)25-9-8-18(23)22-12-14-6-7-16(26-19(20)21)17(11-14)24-2/h3-7,10-11,19H,8-9,12H2,1-2H3,(H,22,23). The summed E-state index contributed by atoms with van der Waals surface area (Å²) in [5.74, 6) is 0.672. The van der Waals surface area contributed by atoms with E-state index in [-0.39, 0.29) is 37.0 Å². The van der Waals surface area contributed by atoms with Crippen molar-refractivity contribution in [3.8, 4) is 17.2 Å². The van der Waals surface area contributed by atoms with Gasteiger partial charge in [0.05, 0.1) is 20.1 Å². The second kappa shape index (κ2) is 9.60. The van der Waals surface area contributed by atoms with Crippen LogP contribution in [0.15, 0.2) is 42.5 Å². The lowest BCUT2D eigenvalue weighted by Crippen LogP contribution is -2.24. The zero-order valence-electron chi connectivity index (χ0n) is 14.6. The highest BCUT2D eigenvalue weighted by Gasteiger charge is 2.11. The number of hydrogen-bond donors (Lipinski definition) is 1. The minimum absolute atomic E-state index is 0.0517. The first-order chi connectivity index (χ1) is 12.5. The quantitative estimate of drug-likeness (QED) is 0.736. The van der Waals surface area contributed by atoms with Gasteiger partial charge in [0.2, 0.25) is 5.91 Å². The summed E-state index contributed by atoms with van der Waals surface area (Å²) in [4.78, 5) is 11.9. The minimum Gasteiger partial charge on any atom is -0.493 e. The van der Waals surface area contributed by atoms with Crippen molar-refractivity contribution in [3.63, 3.8) is 0 Å². The van der Waals surface area contributed by atoms with Gasteiger partial charge in [-0.2, -0.15) is 8.78 Å². The van der Waals surface area contributed by atoms with E-state index in [1.807, 2.05) is 31.2 Å². The molecule has 0 saturated carbocycles. The van der Waals surface area contributed by atoms with Crippen LogP contribution in [0.4, 0.5) is 8.78 Å². The number of amides is 1. The molecule has 140 valence electrons. The van der Waals surface area contributed by atoms with Gasteiger partial charge >= 0.3 is 6.61 Å². The van der Waals surface area contributed by atoms with E-state index in [0.29, 0.717) is 5.56 Å². The first-order valence-corrected chi connectivity index (χ1v) is 8.06. The zero-order chi connectivity index (χ0) is 18.9. The molecule has 0 heterocycles. The number of alkyl halides is 2. The highest BCUT2D eigenvalue weighted by Crippen LogP contribution is 2.29. The molecule has 2 aromatic carbocycles. The number of nitrogens with one attached hydrogen (secondary N) is 1. The van der Waals surface area contributed by atoms with Crippen LogP contribution in [0.5, 0.6) is 17.2 Å². The van der Waals surface area contributed by atoms with Crippen LogP contribution in [-0.4, -0.2) is 26.2 Å². The second-order valence-electron chi connectivity index (χ2n) is 5.56. The van der Waals surface area contributed by atoms with E-state index < -0.39 is 6.61 Å². The average molecular weight is 365 g/mol. The van der Waals surface area contributed by atoms with E-state index in [1.54, 1.807) is 12.1 Å². The third-order valence-electron chi connectivity index (χ3n) is 3.52. The Kier molecular flexibility index (Phi) is 7.20. The number of ether oxygens (including phenoxy) is 3. The molecule has 0 radical (unpaired) electrons. The molecular weight excluding hydrogens is 344 g/mol. The average Bonchev–Trinajstić information content (AvgIpc) is 2.60. The monoisotopic (exact) mass is 365 g/mol. The maximum atomic E-state index is 12.3. The van der Waals surface area contributed by atoms with Gasteiger partial charge < -0.3 is 19.5 Å². The lowest BCUT2D eigenvalue weighted by molar-refractivity contribution is -0.121. The van der Waals surface area contributed by atoms with Crippen molar-refractivity contribution in [2.24, 2.45) is 0 Å². The fourth-order valence-electron chi connectivity index (χ4n) is 2.27. The van der Waals surface area contributed by atoms with Crippen LogP contribution in [-0.2, 0) is 11.3 Å². The normalized spacial score (nSPS) is 10.5. The second-order valence-corrected chi connectivity index (χ2v) is 5.56. The molecule has 5 nitrogen and oxygen atoms in total. The number of methoxy groups -OCH3 is 1. The Morgan fingerprint density at radius 2 is 1.96 bits per heavy atom. The Bertz CT molecular complexity index is 737. The molecule has 0 atom stereocenters. The first kappa shape index (κ1) is 19.5. The van der Waals surface area contributed by atoms with Gasteiger partial charge in [-0.05, 0) is 42.3 Å². The SMILES string of the molecule is COc1cc(CNC(=O)CCOc2cccc(C)c2)ccc1OC(F)F. The molecule has 2 rings (SSSR count). The maximum Gasteiger partial charge on any atom is 0.387 e. The Morgan fingerprint density at radius 3 is 2.65 bits per heavy atom. The summed E-state index contributed by atoms with van der Waals surface area (Å²) in [6.45, 7) is -0.456. The van der Waals surface area contributed by atoms with Crippen molar-refractivity contribution in [2.75, 3.05) is 13.7 Å².